The maximum absolute atomic E-state index is 13.4. The quantitative estimate of drug-likeness (QED) is 0.444. The molecule has 192 valence electrons. The van der Waals surface area contributed by atoms with E-state index in [0.717, 1.165) is 23.3 Å². The van der Waals surface area contributed by atoms with Gasteiger partial charge in [0.15, 0.2) is 0 Å². The molecule has 0 unspecified atom stereocenters. The van der Waals surface area contributed by atoms with E-state index in [9.17, 15) is 18.0 Å². The highest BCUT2D eigenvalue weighted by atomic mass is 35.5. The molecule has 4 rings (SSSR count). The van der Waals surface area contributed by atoms with E-state index < -0.39 is 17.8 Å². The SMILES string of the molecule is CC(C)OC(=O)N1CC[C@H](N(Cc2cc(Cl)cc(C(F)(F)F)c2)c2ncc(-c3cnn(C)c3)cn2)C1. The van der Waals surface area contributed by atoms with Crippen LogP contribution in [0.4, 0.5) is 23.9 Å². The summed E-state index contributed by atoms with van der Waals surface area (Å²) in [5.74, 6) is 0.334. The number of anilines is 1. The number of aryl methyl sites for hydroxylation is 1. The molecule has 1 aliphatic heterocycles. The molecule has 1 amide bonds. The average Bonchev–Trinajstić information content (AvgIpc) is 3.46. The Bertz CT molecular complexity index is 1220. The Morgan fingerprint density at radius 2 is 1.92 bits per heavy atom. The molecule has 0 aliphatic carbocycles. The number of ether oxygens (including phenoxy) is 1. The molecule has 0 radical (unpaired) electrons. The Hall–Kier alpha value is -3.34. The summed E-state index contributed by atoms with van der Waals surface area (Å²) < 4.78 is 47.2. The van der Waals surface area contributed by atoms with Gasteiger partial charge in [-0.25, -0.2) is 14.8 Å². The fourth-order valence-electron chi connectivity index (χ4n) is 4.09. The molecule has 0 spiro atoms. The fourth-order valence-corrected chi connectivity index (χ4v) is 4.35. The van der Waals surface area contributed by atoms with Crippen molar-refractivity contribution in [1.29, 1.82) is 0 Å². The van der Waals surface area contributed by atoms with Gasteiger partial charge in [-0.05, 0) is 44.0 Å². The molecule has 0 N–H and O–H groups in total. The van der Waals surface area contributed by atoms with Gasteiger partial charge in [0.2, 0.25) is 5.95 Å². The molecule has 0 bridgehead atoms. The maximum atomic E-state index is 13.4. The molecule has 1 aromatic carbocycles. The molecule has 2 aromatic heterocycles. The molecule has 12 heteroatoms. The molecule has 1 atom stereocenters. The largest absolute Gasteiger partial charge is 0.447 e. The van der Waals surface area contributed by atoms with Crippen molar-refractivity contribution in [3.8, 4) is 11.1 Å². The van der Waals surface area contributed by atoms with Crippen molar-refractivity contribution in [2.75, 3.05) is 18.0 Å². The second-order valence-corrected chi connectivity index (χ2v) is 9.41. The minimum atomic E-state index is -4.53. The molecule has 8 nitrogen and oxygen atoms in total. The van der Waals surface area contributed by atoms with Gasteiger partial charge in [-0.2, -0.15) is 18.3 Å². The molecular weight excluding hydrogens is 497 g/mol. The van der Waals surface area contributed by atoms with E-state index in [0.29, 0.717) is 31.0 Å². The predicted octanol–water partition coefficient (Wildman–Crippen LogP) is 5.18. The van der Waals surface area contributed by atoms with Gasteiger partial charge in [-0.1, -0.05) is 11.6 Å². The first kappa shape index (κ1) is 25.7. The molecule has 1 aliphatic rings. The van der Waals surface area contributed by atoms with Crippen LogP contribution in [0.3, 0.4) is 0 Å². The molecule has 1 saturated heterocycles. The summed E-state index contributed by atoms with van der Waals surface area (Å²) in [6.07, 6.45) is 2.17. The zero-order valence-corrected chi connectivity index (χ0v) is 20.8. The van der Waals surface area contributed by atoms with Gasteiger partial charge in [-0.3, -0.25) is 4.68 Å². The highest BCUT2D eigenvalue weighted by Gasteiger charge is 2.34. The van der Waals surface area contributed by atoms with E-state index in [1.165, 1.54) is 6.07 Å². The number of hydrogen-bond acceptors (Lipinski definition) is 6. The van der Waals surface area contributed by atoms with Crippen molar-refractivity contribution < 1.29 is 22.7 Å². The third-order valence-corrected chi connectivity index (χ3v) is 5.99. The van der Waals surface area contributed by atoms with E-state index in [1.807, 2.05) is 11.1 Å². The molecule has 0 saturated carbocycles. The van der Waals surface area contributed by atoms with Crippen molar-refractivity contribution in [2.45, 2.75) is 45.1 Å². The van der Waals surface area contributed by atoms with Crippen LogP contribution < -0.4 is 4.90 Å². The lowest BCUT2D eigenvalue weighted by Gasteiger charge is -2.29. The summed E-state index contributed by atoms with van der Waals surface area (Å²) in [7, 11) is 1.80. The zero-order valence-electron chi connectivity index (χ0n) is 20.0. The minimum absolute atomic E-state index is 0.0128. The maximum Gasteiger partial charge on any atom is 0.416 e. The fraction of sp³-hybridized carbons (Fsp3) is 0.417. The highest BCUT2D eigenvalue weighted by Crippen LogP contribution is 2.33. The van der Waals surface area contributed by atoms with Crippen LogP contribution in [-0.2, 0) is 24.5 Å². The first-order valence-corrected chi connectivity index (χ1v) is 11.8. The van der Waals surface area contributed by atoms with Crippen LogP contribution in [0, 0.1) is 0 Å². The summed E-state index contributed by atoms with van der Waals surface area (Å²) in [4.78, 5) is 24.8. The van der Waals surface area contributed by atoms with Crippen LogP contribution in [0.1, 0.15) is 31.4 Å². The van der Waals surface area contributed by atoms with Crippen molar-refractivity contribution >= 4 is 23.6 Å². The number of nitrogens with zero attached hydrogens (tertiary/aromatic N) is 6. The van der Waals surface area contributed by atoms with Gasteiger partial charge in [0.25, 0.3) is 0 Å². The number of hydrogen-bond donors (Lipinski definition) is 0. The highest BCUT2D eigenvalue weighted by molar-refractivity contribution is 6.30. The summed E-state index contributed by atoms with van der Waals surface area (Å²) in [5, 5.41) is 4.14. The number of benzene rings is 1. The van der Waals surface area contributed by atoms with Gasteiger partial charge < -0.3 is 14.5 Å². The lowest BCUT2D eigenvalue weighted by Crippen LogP contribution is -2.40. The van der Waals surface area contributed by atoms with E-state index in [1.54, 1.807) is 49.1 Å². The Morgan fingerprint density at radius 3 is 2.53 bits per heavy atom. The number of halogens is 4. The van der Waals surface area contributed by atoms with E-state index in [2.05, 4.69) is 15.1 Å². The number of likely N-dealkylation sites (tertiary alicyclic amines) is 1. The van der Waals surface area contributed by atoms with Crippen LogP contribution in [0.15, 0.2) is 43.0 Å². The van der Waals surface area contributed by atoms with Crippen molar-refractivity contribution in [1.82, 2.24) is 24.6 Å². The van der Waals surface area contributed by atoms with E-state index in [4.69, 9.17) is 16.3 Å². The number of rotatable bonds is 6. The molecule has 36 heavy (non-hydrogen) atoms. The van der Waals surface area contributed by atoms with Crippen molar-refractivity contribution in [2.24, 2.45) is 7.05 Å². The van der Waals surface area contributed by atoms with E-state index >= 15 is 0 Å². The lowest BCUT2D eigenvalue weighted by molar-refractivity contribution is -0.137. The van der Waals surface area contributed by atoms with Crippen LogP contribution >= 0.6 is 11.6 Å². The Labute approximate surface area is 211 Å². The molecule has 1 fully saturated rings. The summed E-state index contributed by atoms with van der Waals surface area (Å²) in [5.41, 5.74) is 1.12. The van der Waals surface area contributed by atoms with Gasteiger partial charge in [0, 0.05) is 61.4 Å². The molecule has 3 aromatic rings. The van der Waals surface area contributed by atoms with Crippen molar-refractivity contribution in [3.05, 3.63) is 59.1 Å². The second kappa shape index (κ2) is 10.3. The molecule has 3 heterocycles. The van der Waals surface area contributed by atoms with Gasteiger partial charge >= 0.3 is 12.3 Å². The third kappa shape index (κ3) is 6.07. The summed E-state index contributed by atoms with van der Waals surface area (Å²) >= 11 is 6.02. The number of carbonyl (C=O) groups excluding carboxylic acids is 1. The smallest absolute Gasteiger partial charge is 0.416 e. The summed E-state index contributed by atoms with van der Waals surface area (Å²) in [6, 6.07) is 3.23. The monoisotopic (exact) mass is 522 g/mol. The Morgan fingerprint density at radius 1 is 1.19 bits per heavy atom. The normalized spacial score (nSPS) is 16.0. The zero-order chi connectivity index (χ0) is 26.0. The van der Waals surface area contributed by atoms with Crippen LogP contribution in [0.2, 0.25) is 5.02 Å². The second-order valence-electron chi connectivity index (χ2n) is 8.97. The first-order valence-electron chi connectivity index (χ1n) is 11.4. The Kier molecular flexibility index (Phi) is 7.39. The lowest BCUT2D eigenvalue weighted by atomic mass is 10.1. The first-order chi connectivity index (χ1) is 17.0. The van der Waals surface area contributed by atoms with Crippen LogP contribution in [0.5, 0.6) is 0 Å². The predicted molar refractivity (Wildman–Crippen MR) is 128 cm³/mol. The number of aromatic nitrogens is 4. The molecular formula is C24H26ClF3N6O2. The van der Waals surface area contributed by atoms with Crippen LogP contribution in [-0.4, -0.2) is 56.0 Å². The summed E-state index contributed by atoms with van der Waals surface area (Å²) in [6.45, 7) is 4.39. The van der Waals surface area contributed by atoms with Gasteiger partial charge in [0.1, 0.15) is 0 Å². The van der Waals surface area contributed by atoms with E-state index in [-0.39, 0.29) is 23.7 Å². The Balaban J connectivity index is 1.63. The van der Waals surface area contributed by atoms with Gasteiger partial charge in [-0.15, -0.1) is 0 Å². The number of amides is 1. The number of carbonyl (C=O) groups is 1. The third-order valence-electron chi connectivity index (χ3n) is 5.77. The van der Waals surface area contributed by atoms with Gasteiger partial charge in [0.05, 0.1) is 23.9 Å². The minimum Gasteiger partial charge on any atom is -0.447 e. The average molecular weight is 523 g/mol. The van der Waals surface area contributed by atoms with Crippen LogP contribution in [0.25, 0.3) is 11.1 Å². The topological polar surface area (TPSA) is 76.4 Å². The van der Waals surface area contributed by atoms with Crippen molar-refractivity contribution in [3.63, 3.8) is 0 Å². The standard InChI is InChI=1S/C24H26ClF3N6O2/c1-15(2)36-23(35)33-5-4-21(14-33)34(12-16-6-19(24(26,27)28)8-20(25)7-16)22-29-9-17(10-30-22)18-11-31-32(3)13-18/h6-11,13,15,21H,4-5,12,14H2,1-3H3/t21-/m0/s1. The number of alkyl halides is 3.